The molecule has 0 unspecified atom stereocenters. The Bertz CT molecular complexity index is 775. The van der Waals surface area contributed by atoms with Gasteiger partial charge in [0.15, 0.2) is 0 Å². The highest BCUT2D eigenvalue weighted by Crippen LogP contribution is 2.33. The van der Waals surface area contributed by atoms with E-state index in [1.165, 1.54) is 31.4 Å². The maximum absolute atomic E-state index is 12.9. The van der Waals surface area contributed by atoms with Crippen molar-refractivity contribution in [1.82, 2.24) is 0 Å². The number of rotatable bonds is 3. The van der Waals surface area contributed by atoms with E-state index in [0.717, 1.165) is 11.3 Å². The standard InChI is InChI=1S/C15H11FN2O3S/c1-8-11(7-17)14(22-12(8)15(20)21-2)18-13(19)9-3-5-10(16)6-4-9/h3-6H,1-2H3,(H,18,19). The fourth-order valence-corrected chi connectivity index (χ4v) is 2.87. The highest BCUT2D eigenvalue weighted by atomic mass is 32.1. The Morgan fingerprint density at radius 2 is 1.95 bits per heavy atom. The average molecular weight is 318 g/mol. The molecule has 7 heteroatoms. The zero-order chi connectivity index (χ0) is 16.3. The number of hydrogen-bond donors (Lipinski definition) is 1. The van der Waals surface area contributed by atoms with Gasteiger partial charge in [0.05, 0.1) is 12.7 Å². The third-order valence-electron chi connectivity index (χ3n) is 2.96. The molecule has 0 radical (unpaired) electrons. The first-order valence-corrected chi connectivity index (χ1v) is 6.98. The number of nitrogens with one attached hydrogen (secondary N) is 1. The summed E-state index contributed by atoms with van der Waals surface area (Å²) in [5, 5.41) is 12.0. The molecule has 0 saturated carbocycles. The molecule has 1 aromatic heterocycles. The summed E-state index contributed by atoms with van der Waals surface area (Å²) in [5.41, 5.74) is 0.908. The van der Waals surface area contributed by atoms with Crippen LogP contribution in [0.4, 0.5) is 9.39 Å². The summed E-state index contributed by atoms with van der Waals surface area (Å²) in [6.45, 7) is 1.61. The fourth-order valence-electron chi connectivity index (χ4n) is 1.80. The van der Waals surface area contributed by atoms with Gasteiger partial charge in [-0.3, -0.25) is 4.79 Å². The van der Waals surface area contributed by atoms with Crippen molar-refractivity contribution in [2.24, 2.45) is 0 Å². The maximum atomic E-state index is 12.9. The van der Waals surface area contributed by atoms with Gasteiger partial charge < -0.3 is 10.1 Å². The molecule has 112 valence electrons. The van der Waals surface area contributed by atoms with Gasteiger partial charge in [0, 0.05) is 5.56 Å². The number of anilines is 1. The Hall–Kier alpha value is -2.72. The van der Waals surface area contributed by atoms with Gasteiger partial charge in [-0.05, 0) is 36.8 Å². The maximum Gasteiger partial charge on any atom is 0.348 e. The summed E-state index contributed by atoms with van der Waals surface area (Å²) in [5.74, 6) is -1.51. The van der Waals surface area contributed by atoms with E-state index < -0.39 is 17.7 Å². The molecule has 2 rings (SSSR count). The molecule has 0 atom stereocenters. The minimum absolute atomic E-state index is 0.209. The van der Waals surface area contributed by atoms with Crippen LogP contribution in [-0.2, 0) is 4.74 Å². The molecule has 0 fully saturated rings. The molecule has 0 aliphatic heterocycles. The second-order valence-electron chi connectivity index (χ2n) is 4.32. The number of hydrogen-bond acceptors (Lipinski definition) is 5. The SMILES string of the molecule is COC(=O)c1sc(NC(=O)c2ccc(F)cc2)c(C#N)c1C. The van der Waals surface area contributed by atoms with E-state index in [2.05, 4.69) is 10.1 Å². The molecule has 1 N–H and O–H groups in total. The molecule has 1 heterocycles. The number of benzene rings is 1. The molecule has 0 saturated heterocycles. The monoisotopic (exact) mass is 318 g/mol. The Kier molecular flexibility index (Phi) is 4.53. The van der Waals surface area contributed by atoms with E-state index >= 15 is 0 Å². The van der Waals surface area contributed by atoms with Crippen LogP contribution in [0.2, 0.25) is 0 Å². The number of thiophene rings is 1. The van der Waals surface area contributed by atoms with Crippen LogP contribution in [0.15, 0.2) is 24.3 Å². The molecule has 0 aliphatic rings. The van der Waals surface area contributed by atoms with Gasteiger partial charge in [-0.1, -0.05) is 0 Å². The Morgan fingerprint density at radius 3 is 2.50 bits per heavy atom. The Morgan fingerprint density at radius 1 is 1.32 bits per heavy atom. The molecule has 22 heavy (non-hydrogen) atoms. The van der Waals surface area contributed by atoms with E-state index in [1.807, 2.05) is 6.07 Å². The summed E-state index contributed by atoms with van der Waals surface area (Å²) in [6.07, 6.45) is 0. The number of nitrogens with zero attached hydrogens (tertiary/aromatic N) is 1. The van der Waals surface area contributed by atoms with E-state index in [-0.39, 0.29) is 21.0 Å². The van der Waals surface area contributed by atoms with Crippen LogP contribution < -0.4 is 5.32 Å². The first-order valence-electron chi connectivity index (χ1n) is 6.16. The van der Waals surface area contributed by atoms with Gasteiger partial charge in [-0.2, -0.15) is 5.26 Å². The molecule has 1 aromatic carbocycles. The summed E-state index contributed by atoms with van der Waals surface area (Å²) >= 11 is 0.966. The lowest BCUT2D eigenvalue weighted by Gasteiger charge is -2.03. The summed E-state index contributed by atoms with van der Waals surface area (Å²) in [4.78, 5) is 24.0. The number of methoxy groups -OCH3 is 1. The van der Waals surface area contributed by atoms with Gasteiger partial charge in [0.1, 0.15) is 21.8 Å². The number of esters is 1. The predicted molar refractivity (Wildman–Crippen MR) is 79.5 cm³/mol. The zero-order valence-corrected chi connectivity index (χ0v) is 12.6. The van der Waals surface area contributed by atoms with E-state index in [4.69, 9.17) is 0 Å². The van der Waals surface area contributed by atoms with Crippen molar-refractivity contribution in [2.75, 3.05) is 12.4 Å². The Balaban J connectivity index is 2.33. The molecule has 2 aromatic rings. The topological polar surface area (TPSA) is 79.2 Å². The lowest BCUT2D eigenvalue weighted by molar-refractivity contribution is 0.0605. The van der Waals surface area contributed by atoms with E-state index in [9.17, 15) is 19.2 Å². The average Bonchev–Trinajstić information content (AvgIpc) is 2.82. The van der Waals surface area contributed by atoms with Gasteiger partial charge in [0.25, 0.3) is 5.91 Å². The van der Waals surface area contributed by atoms with Crippen LogP contribution in [0.3, 0.4) is 0 Å². The largest absolute Gasteiger partial charge is 0.465 e. The minimum Gasteiger partial charge on any atom is -0.465 e. The van der Waals surface area contributed by atoms with Crippen LogP contribution >= 0.6 is 11.3 Å². The highest BCUT2D eigenvalue weighted by Gasteiger charge is 2.22. The number of carbonyl (C=O) groups is 2. The van der Waals surface area contributed by atoms with Gasteiger partial charge in [-0.15, -0.1) is 11.3 Å². The lowest BCUT2D eigenvalue weighted by Crippen LogP contribution is -2.11. The molecular formula is C15H11FN2O3S. The fraction of sp³-hybridized carbons (Fsp3) is 0.133. The lowest BCUT2D eigenvalue weighted by atomic mass is 10.1. The van der Waals surface area contributed by atoms with E-state index in [0.29, 0.717) is 5.56 Å². The Labute approximate surface area is 129 Å². The van der Waals surface area contributed by atoms with Crippen molar-refractivity contribution in [3.8, 4) is 6.07 Å². The third-order valence-corrected chi connectivity index (χ3v) is 4.15. The van der Waals surface area contributed by atoms with Crippen molar-refractivity contribution in [3.05, 3.63) is 51.7 Å². The summed E-state index contributed by atoms with van der Waals surface area (Å²) < 4.78 is 17.5. The number of halogens is 1. The van der Waals surface area contributed by atoms with Crippen LogP contribution in [-0.4, -0.2) is 19.0 Å². The minimum atomic E-state index is -0.568. The first-order chi connectivity index (χ1) is 10.5. The second kappa shape index (κ2) is 6.37. The zero-order valence-electron chi connectivity index (χ0n) is 11.8. The first kappa shape index (κ1) is 15.7. The highest BCUT2D eigenvalue weighted by molar-refractivity contribution is 7.18. The summed E-state index contributed by atoms with van der Waals surface area (Å²) in [7, 11) is 1.24. The van der Waals surface area contributed by atoms with Crippen molar-refractivity contribution < 1.29 is 18.7 Å². The number of amides is 1. The van der Waals surface area contributed by atoms with Crippen molar-refractivity contribution in [2.45, 2.75) is 6.92 Å². The molecular weight excluding hydrogens is 307 g/mol. The number of nitriles is 1. The third kappa shape index (κ3) is 2.97. The van der Waals surface area contributed by atoms with Gasteiger partial charge in [-0.25, -0.2) is 9.18 Å². The molecule has 0 spiro atoms. The van der Waals surface area contributed by atoms with Crippen molar-refractivity contribution >= 4 is 28.2 Å². The summed E-state index contributed by atoms with van der Waals surface area (Å²) in [6, 6.07) is 6.95. The van der Waals surface area contributed by atoms with Crippen LogP contribution in [0.25, 0.3) is 0 Å². The van der Waals surface area contributed by atoms with Crippen molar-refractivity contribution in [1.29, 1.82) is 5.26 Å². The molecule has 5 nitrogen and oxygen atoms in total. The quantitative estimate of drug-likeness (QED) is 0.882. The van der Waals surface area contributed by atoms with E-state index in [1.54, 1.807) is 6.92 Å². The van der Waals surface area contributed by atoms with Crippen LogP contribution in [0.5, 0.6) is 0 Å². The molecule has 0 aliphatic carbocycles. The van der Waals surface area contributed by atoms with Crippen LogP contribution in [0.1, 0.15) is 31.2 Å². The van der Waals surface area contributed by atoms with Gasteiger partial charge >= 0.3 is 5.97 Å². The van der Waals surface area contributed by atoms with Gasteiger partial charge in [0.2, 0.25) is 0 Å². The van der Waals surface area contributed by atoms with Crippen molar-refractivity contribution in [3.63, 3.8) is 0 Å². The number of carbonyl (C=O) groups excluding carboxylic acids is 2. The normalized spacial score (nSPS) is 9.91. The number of ether oxygens (including phenoxy) is 1. The van der Waals surface area contributed by atoms with Crippen LogP contribution in [0, 0.1) is 24.1 Å². The smallest absolute Gasteiger partial charge is 0.348 e. The molecule has 0 bridgehead atoms. The molecule has 1 amide bonds. The second-order valence-corrected chi connectivity index (χ2v) is 5.35. The predicted octanol–water partition coefficient (Wildman–Crippen LogP) is 3.11.